The van der Waals surface area contributed by atoms with Gasteiger partial charge in [0.15, 0.2) is 0 Å². The fourth-order valence-electron chi connectivity index (χ4n) is 5.13. The molecule has 5 nitrogen and oxygen atoms in total. The molecular formula is C30H62O5S5. The van der Waals surface area contributed by atoms with Crippen LogP contribution in [0.4, 0.5) is 0 Å². The molecule has 0 spiro atoms. The molecule has 242 valence electrons. The molecule has 0 aromatic heterocycles. The molecule has 1 rings (SSSR count). The predicted molar refractivity (Wildman–Crippen MR) is 188 cm³/mol. The highest BCUT2D eigenvalue weighted by Gasteiger charge is 2.36. The zero-order chi connectivity index (χ0) is 30.2. The summed E-state index contributed by atoms with van der Waals surface area (Å²) in [5, 5.41) is 46.8. The third-order valence-corrected chi connectivity index (χ3v) is 14.1. The molecule has 0 saturated heterocycles. The van der Waals surface area contributed by atoms with Gasteiger partial charge in [-0.1, -0.05) is 34.6 Å². The van der Waals surface area contributed by atoms with Gasteiger partial charge in [0.05, 0.1) is 33.0 Å². The molecule has 6 atom stereocenters. The van der Waals surface area contributed by atoms with Crippen molar-refractivity contribution >= 4 is 58.8 Å². The SMILES string of the molecule is CC(C)C(CCC(CCSCCO)CSCCO)SCCO.CC(C)C1CC(SCCO)C(C)CC1SCCO. The summed E-state index contributed by atoms with van der Waals surface area (Å²) < 4.78 is 0. The van der Waals surface area contributed by atoms with Crippen molar-refractivity contribution in [2.24, 2.45) is 29.6 Å². The Hall–Kier alpha value is 1.55. The first kappa shape index (κ1) is 41.5. The van der Waals surface area contributed by atoms with E-state index >= 15 is 0 Å². The van der Waals surface area contributed by atoms with Crippen LogP contribution in [0, 0.1) is 29.6 Å². The Bertz CT molecular complexity index is 547. The molecule has 1 aliphatic rings. The largest absolute Gasteiger partial charge is 0.396 e. The molecule has 0 aliphatic heterocycles. The summed E-state index contributed by atoms with van der Waals surface area (Å²) in [6.07, 6.45) is 6.15. The lowest BCUT2D eigenvalue weighted by atomic mass is 9.77. The molecule has 1 fully saturated rings. The smallest absolute Gasteiger partial charge is 0.0521 e. The maximum atomic E-state index is 9.01. The van der Waals surface area contributed by atoms with Crippen LogP contribution in [0.3, 0.4) is 0 Å². The fraction of sp³-hybridized carbons (Fsp3) is 1.00. The Balaban J connectivity index is 0.000000774. The van der Waals surface area contributed by atoms with Gasteiger partial charge < -0.3 is 25.5 Å². The van der Waals surface area contributed by atoms with Crippen molar-refractivity contribution in [3.63, 3.8) is 0 Å². The van der Waals surface area contributed by atoms with Gasteiger partial charge in [-0.15, -0.1) is 0 Å². The van der Waals surface area contributed by atoms with Crippen LogP contribution in [0.5, 0.6) is 0 Å². The van der Waals surface area contributed by atoms with Gasteiger partial charge in [0.25, 0.3) is 0 Å². The third-order valence-electron chi connectivity index (χ3n) is 7.44. The summed E-state index contributed by atoms with van der Waals surface area (Å²) >= 11 is 9.47. The average Bonchev–Trinajstić information content (AvgIpc) is 2.93. The molecular weight excluding hydrogens is 601 g/mol. The van der Waals surface area contributed by atoms with E-state index in [9.17, 15) is 0 Å². The van der Waals surface area contributed by atoms with Gasteiger partial charge in [-0.3, -0.25) is 0 Å². The standard InChI is InChI=1S/C16H34O3S3.C14H28O2S2/c1-14(2)16(22-12-8-19)4-3-15(13-21-11-7-18)5-9-20-10-6-17;1-10(2)12-9-13(17-6-4-15)11(3)8-14(12)18-7-5-16/h14-19H,3-13H2,1-2H3;10-16H,4-9H2,1-3H3. The monoisotopic (exact) mass is 662 g/mol. The Labute approximate surface area is 268 Å². The van der Waals surface area contributed by atoms with Gasteiger partial charge in [0.2, 0.25) is 0 Å². The highest BCUT2D eigenvalue weighted by molar-refractivity contribution is 8.00. The normalized spacial score (nSPS) is 22.8. The quantitative estimate of drug-likeness (QED) is 0.0857. The number of hydrogen-bond acceptors (Lipinski definition) is 10. The van der Waals surface area contributed by atoms with E-state index in [1.807, 2.05) is 58.8 Å². The Morgan fingerprint density at radius 2 is 1.20 bits per heavy atom. The lowest BCUT2D eigenvalue weighted by Gasteiger charge is -2.41. The van der Waals surface area contributed by atoms with Crippen LogP contribution >= 0.6 is 58.8 Å². The Morgan fingerprint density at radius 3 is 1.75 bits per heavy atom. The molecule has 6 unspecified atom stereocenters. The van der Waals surface area contributed by atoms with Crippen LogP contribution in [-0.2, 0) is 0 Å². The molecule has 0 radical (unpaired) electrons. The topological polar surface area (TPSA) is 101 Å². The molecule has 1 saturated carbocycles. The number of hydrogen-bond donors (Lipinski definition) is 5. The number of aliphatic hydroxyl groups is 5. The van der Waals surface area contributed by atoms with Crippen molar-refractivity contribution in [3.05, 3.63) is 0 Å². The molecule has 40 heavy (non-hydrogen) atoms. The minimum absolute atomic E-state index is 0.262. The number of rotatable bonds is 23. The van der Waals surface area contributed by atoms with E-state index in [0.717, 1.165) is 52.1 Å². The van der Waals surface area contributed by atoms with Crippen LogP contribution in [0.15, 0.2) is 0 Å². The fourth-order valence-corrected chi connectivity index (χ4v) is 10.8. The summed E-state index contributed by atoms with van der Waals surface area (Å²) in [6.45, 7) is 12.9. The summed E-state index contributed by atoms with van der Waals surface area (Å²) in [5.41, 5.74) is 0. The molecule has 1 aliphatic carbocycles. The third kappa shape index (κ3) is 20.5. The minimum Gasteiger partial charge on any atom is -0.396 e. The van der Waals surface area contributed by atoms with E-state index in [-0.39, 0.29) is 19.8 Å². The highest BCUT2D eigenvalue weighted by Crippen LogP contribution is 2.44. The summed E-state index contributed by atoms with van der Waals surface area (Å²) in [6, 6.07) is 0. The van der Waals surface area contributed by atoms with Crippen molar-refractivity contribution in [1.29, 1.82) is 0 Å². The minimum atomic E-state index is 0.262. The second-order valence-electron chi connectivity index (χ2n) is 11.4. The molecule has 0 aromatic carbocycles. The van der Waals surface area contributed by atoms with Crippen LogP contribution in [0.2, 0.25) is 0 Å². The van der Waals surface area contributed by atoms with Gasteiger partial charge in [0.1, 0.15) is 0 Å². The zero-order valence-corrected chi connectivity index (χ0v) is 30.0. The van der Waals surface area contributed by atoms with E-state index in [1.165, 1.54) is 32.1 Å². The molecule has 0 aromatic rings. The van der Waals surface area contributed by atoms with E-state index < -0.39 is 0 Å². The first-order valence-corrected chi connectivity index (χ1v) is 20.8. The van der Waals surface area contributed by atoms with Gasteiger partial charge >= 0.3 is 0 Å². The second-order valence-corrected chi connectivity index (χ2v) is 17.8. The average molecular weight is 663 g/mol. The van der Waals surface area contributed by atoms with Crippen LogP contribution in [-0.4, -0.2) is 115 Å². The Kier molecular flexibility index (Phi) is 29.1. The van der Waals surface area contributed by atoms with E-state index in [0.29, 0.717) is 46.7 Å². The maximum Gasteiger partial charge on any atom is 0.0521 e. The molecule has 0 bridgehead atoms. The van der Waals surface area contributed by atoms with E-state index in [1.54, 1.807) is 0 Å². The predicted octanol–water partition coefficient (Wildman–Crippen LogP) is 5.85. The summed E-state index contributed by atoms with van der Waals surface area (Å²) in [7, 11) is 0. The van der Waals surface area contributed by atoms with Gasteiger partial charge in [-0.25, -0.2) is 0 Å². The molecule has 5 N–H and O–H groups in total. The van der Waals surface area contributed by atoms with E-state index in [2.05, 4.69) is 34.6 Å². The van der Waals surface area contributed by atoms with Crippen LogP contribution in [0.1, 0.15) is 66.7 Å². The number of thioether (sulfide) groups is 5. The molecule has 10 heteroatoms. The summed E-state index contributed by atoms with van der Waals surface area (Å²) in [5.74, 6) is 10.0. The number of aliphatic hydroxyl groups excluding tert-OH is 5. The van der Waals surface area contributed by atoms with Gasteiger partial charge in [0, 0.05) is 44.5 Å². The summed E-state index contributed by atoms with van der Waals surface area (Å²) in [4.78, 5) is 0. The zero-order valence-electron chi connectivity index (χ0n) is 25.9. The lowest BCUT2D eigenvalue weighted by Crippen LogP contribution is -2.37. The van der Waals surface area contributed by atoms with Crippen LogP contribution in [0.25, 0.3) is 0 Å². The van der Waals surface area contributed by atoms with Crippen molar-refractivity contribution in [2.45, 2.75) is 82.5 Å². The van der Waals surface area contributed by atoms with Crippen molar-refractivity contribution in [3.8, 4) is 0 Å². The maximum absolute atomic E-state index is 9.01. The van der Waals surface area contributed by atoms with Crippen molar-refractivity contribution in [2.75, 3.05) is 73.3 Å². The van der Waals surface area contributed by atoms with E-state index in [4.69, 9.17) is 25.5 Å². The highest BCUT2D eigenvalue weighted by atomic mass is 32.2. The van der Waals surface area contributed by atoms with Crippen LogP contribution < -0.4 is 0 Å². The molecule has 0 heterocycles. The first-order valence-electron chi connectivity index (χ1n) is 15.3. The molecule has 0 amide bonds. The second kappa shape index (κ2) is 28.1. The van der Waals surface area contributed by atoms with Gasteiger partial charge in [-0.2, -0.15) is 58.8 Å². The first-order chi connectivity index (χ1) is 19.2. The lowest BCUT2D eigenvalue weighted by molar-refractivity contribution is 0.250. The van der Waals surface area contributed by atoms with Gasteiger partial charge in [-0.05, 0) is 73.2 Å². The van der Waals surface area contributed by atoms with Crippen molar-refractivity contribution in [1.82, 2.24) is 0 Å². The van der Waals surface area contributed by atoms with Crippen molar-refractivity contribution < 1.29 is 25.5 Å². The Morgan fingerprint density at radius 1 is 0.625 bits per heavy atom.